The highest BCUT2D eigenvalue weighted by atomic mass is 16.6. The number of ether oxygens (including phenoxy) is 1. The van der Waals surface area contributed by atoms with E-state index in [9.17, 15) is 4.79 Å². The third-order valence-corrected chi connectivity index (χ3v) is 2.15. The minimum atomic E-state index is -0.508. The number of aromatic nitrogens is 2. The molecule has 0 aliphatic rings. The van der Waals surface area contributed by atoms with Gasteiger partial charge in [0, 0.05) is 11.6 Å². The highest BCUT2D eigenvalue weighted by molar-refractivity contribution is 6.02. The van der Waals surface area contributed by atoms with E-state index in [-0.39, 0.29) is 5.97 Å². The summed E-state index contributed by atoms with van der Waals surface area (Å²) in [4.78, 5) is 20.0. The molecule has 2 aromatic rings. The van der Waals surface area contributed by atoms with Gasteiger partial charge in [-0.3, -0.25) is 0 Å². The smallest absolute Gasteiger partial charge is 0.340 e. The van der Waals surface area contributed by atoms with Crippen molar-refractivity contribution in [1.29, 1.82) is 0 Å². The molecule has 4 nitrogen and oxygen atoms in total. The molecule has 0 fully saturated rings. The number of carbonyl (C=O) groups excluding carboxylic acids is 1. The fourth-order valence-electron chi connectivity index (χ4n) is 1.51. The molecule has 1 aromatic heterocycles. The van der Waals surface area contributed by atoms with Gasteiger partial charge in [0.25, 0.3) is 0 Å². The number of para-hydroxylation sites is 1. The molecule has 0 aliphatic carbocycles. The van der Waals surface area contributed by atoms with Crippen molar-refractivity contribution in [3.63, 3.8) is 0 Å². The van der Waals surface area contributed by atoms with E-state index in [0.29, 0.717) is 11.1 Å². The van der Waals surface area contributed by atoms with Crippen LogP contribution in [0, 0.1) is 0 Å². The number of nitrogens with zero attached hydrogens (tertiary/aromatic N) is 2. The van der Waals surface area contributed by atoms with Crippen LogP contribution in [-0.2, 0) is 4.74 Å². The summed E-state index contributed by atoms with van der Waals surface area (Å²) in [5.41, 5.74) is 0.586. The van der Waals surface area contributed by atoms with E-state index < -0.39 is 5.60 Å². The molecule has 1 aromatic carbocycles. The van der Waals surface area contributed by atoms with Gasteiger partial charge in [0.2, 0.25) is 0 Å². The number of esters is 1. The minimum absolute atomic E-state index is 0.359. The van der Waals surface area contributed by atoms with Crippen molar-refractivity contribution < 1.29 is 9.53 Å². The molecule has 0 N–H and O–H groups in total. The summed E-state index contributed by atoms with van der Waals surface area (Å²) >= 11 is 0. The molecule has 0 amide bonds. The Balaban J connectivity index is 2.45. The monoisotopic (exact) mass is 230 g/mol. The lowest BCUT2D eigenvalue weighted by molar-refractivity contribution is 0.00716. The Bertz CT molecular complexity index is 553. The fraction of sp³-hybridized carbons (Fsp3) is 0.308. The summed E-state index contributed by atoms with van der Waals surface area (Å²) in [6.07, 6.45) is 3.10. The summed E-state index contributed by atoms with van der Waals surface area (Å²) < 4.78 is 5.33. The van der Waals surface area contributed by atoms with Crippen molar-refractivity contribution >= 4 is 16.9 Å². The lowest BCUT2D eigenvalue weighted by atomic mass is 10.1. The lowest BCUT2D eigenvalue weighted by Gasteiger charge is -2.19. The van der Waals surface area contributed by atoms with Gasteiger partial charge in [-0.15, -0.1) is 0 Å². The summed E-state index contributed by atoms with van der Waals surface area (Å²) in [5.74, 6) is -0.359. The van der Waals surface area contributed by atoms with E-state index in [2.05, 4.69) is 9.97 Å². The Hall–Kier alpha value is -1.97. The molecule has 0 saturated carbocycles. The van der Waals surface area contributed by atoms with Crippen molar-refractivity contribution in [1.82, 2.24) is 9.97 Å². The fourth-order valence-corrected chi connectivity index (χ4v) is 1.51. The molecule has 0 radical (unpaired) electrons. The van der Waals surface area contributed by atoms with Gasteiger partial charge in [-0.05, 0) is 26.8 Å². The first-order valence-electron chi connectivity index (χ1n) is 5.39. The summed E-state index contributed by atoms with van der Waals surface area (Å²) in [6.45, 7) is 5.51. The predicted octanol–water partition coefficient (Wildman–Crippen LogP) is 2.59. The lowest BCUT2D eigenvalue weighted by Crippen LogP contribution is -2.24. The average Bonchev–Trinajstić information content (AvgIpc) is 2.26. The van der Waals surface area contributed by atoms with Crippen molar-refractivity contribution in [2.75, 3.05) is 0 Å². The Morgan fingerprint density at radius 1 is 1.29 bits per heavy atom. The van der Waals surface area contributed by atoms with Gasteiger partial charge in [0.15, 0.2) is 0 Å². The minimum Gasteiger partial charge on any atom is -0.456 e. The van der Waals surface area contributed by atoms with E-state index in [4.69, 9.17) is 4.74 Å². The summed E-state index contributed by atoms with van der Waals surface area (Å²) in [6, 6.07) is 5.37. The summed E-state index contributed by atoms with van der Waals surface area (Å²) in [7, 11) is 0. The van der Waals surface area contributed by atoms with Crippen LogP contribution in [0.2, 0.25) is 0 Å². The molecule has 88 valence electrons. The van der Waals surface area contributed by atoms with Crippen molar-refractivity contribution in [2.45, 2.75) is 26.4 Å². The first kappa shape index (κ1) is 11.5. The third-order valence-electron chi connectivity index (χ3n) is 2.15. The number of fused-ring (bicyclic) bond motifs is 1. The number of benzene rings is 1. The topological polar surface area (TPSA) is 52.1 Å². The second-order valence-corrected chi connectivity index (χ2v) is 4.77. The molecule has 0 bridgehead atoms. The van der Waals surface area contributed by atoms with E-state index in [1.54, 1.807) is 18.3 Å². The SMILES string of the molecule is CC(C)(C)OC(=O)c1cccc2cncnc12. The average molecular weight is 230 g/mol. The van der Waals surface area contributed by atoms with Crippen LogP contribution in [0.1, 0.15) is 31.1 Å². The van der Waals surface area contributed by atoms with E-state index >= 15 is 0 Å². The molecular weight excluding hydrogens is 216 g/mol. The van der Waals surface area contributed by atoms with E-state index in [1.807, 2.05) is 26.8 Å². The second-order valence-electron chi connectivity index (χ2n) is 4.77. The van der Waals surface area contributed by atoms with Crippen LogP contribution in [-0.4, -0.2) is 21.5 Å². The van der Waals surface area contributed by atoms with Crippen molar-refractivity contribution in [3.8, 4) is 0 Å². The largest absolute Gasteiger partial charge is 0.456 e. The first-order valence-corrected chi connectivity index (χ1v) is 5.39. The molecule has 0 saturated heterocycles. The van der Waals surface area contributed by atoms with Crippen LogP contribution in [0.4, 0.5) is 0 Å². The molecule has 1 heterocycles. The molecule has 4 heteroatoms. The van der Waals surface area contributed by atoms with Crippen LogP contribution in [0.25, 0.3) is 10.9 Å². The molecular formula is C13H14N2O2. The van der Waals surface area contributed by atoms with Crippen molar-refractivity contribution in [3.05, 3.63) is 36.3 Å². The van der Waals surface area contributed by atoms with Crippen LogP contribution in [0.15, 0.2) is 30.7 Å². The van der Waals surface area contributed by atoms with Crippen molar-refractivity contribution in [2.24, 2.45) is 0 Å². The third kappa shape index (κ3) is 2.58. The Morgan fingerprint density at radius 2 is 2.06 bits per heavy atom. The zero-order chi connectivity index (χ0) is 12.5. The quantitative estimate of drug-likeness (QED) is 0.706. The summed E-state index contributed by atoms with van der Waals surface area (Å²) in [5, 5.41) is 0.829. The van der Waals surface area contributed by atoms with Crippen LogP contribution in [0.5, 0.6) is 0 Å². The standard InChI is InChI=1S/C13H14N2O2/c1-13(2,3)17-12(16)10-6-4-5-9-7-14-8-15-11(9)10/h4-8H,1-3H3. The number of rotatable bonds is 1. The van der Waals surface area contributed by atoms with Gasteiger partial charge in [-0.2, -0.15) is 0 Å². The normalized spacial score (nSPS) is 11.5. The van der Waals surface area contributed by atoms with Crippen LogP contribution in [0.3, 0.4) is 0 Å². The maximum atomic E-state index is 12.0. The maximum absolute atomic E-state index is 12.0. The second kappa shape index (κ2) is 4.13. The Morgan fingerprint density at radius 3 is 2.76 bits per heavy atom. The predicted molar refractivity (Wildman–Crippen MR) is 64.7 cm³/mol. The highest BCUT2D eigenvalue weighted by Crippen LogP contribution is 2.18. The zero-order valence-corrected chi connectivity index (χ0v) is 10.1. The number of hydrogen-bond donors (Lipinski definition) is 0. The van der Waals surface area contributed by atoms with Crippen LogP contribution < -0.4 is 0 Å². The van der Waals surface area contributed by atoms with Crippen LogP contribution >= 0.6 is 0 Å². The first-order chi connectivity index (χ1) is 7.97. The van der Waals surface area contributed by atoms with Gasteiger partial charge in [0.05, 0.1) is 11.1 Å². The van der Waals surface area contributed by atoms with Gasteiger partial charge in [0.1, 0.15) is 11.9 Å². The molecule has 0 spiro atoms. The molecule has 17 heavy (non-hydrogen) atoms. The van der Waals surface area contributed by atoms with Gasteiger partial charge in [-0.1, -0.05) is 12.1 Å². The van der Waals surface area contributed by atoms with Gasteiger partial charge < -0.3 is 4.74 Å². The maximum Gasteiger partial charge on any atom is 0.340 e. The van der Waals surface area contributed by atoms with E-state index in [1.165, 1.54) is 6.33 Å². The molecule has 2 rings (SSSR count). The molecule has 0 aliphatic heterocycles. The highest BCUT2D eigenvalue weighted by Gasteiger charge is 2.19. The molecule has 0 atom stereocenters. The number of hydrogen-bond acceptors (Lipinski definition) is 4. The van der Waals surface area contributed by atoms with Gasteiger partial charge in [-0.25, -0.2) is 14.8 Å². The van der Waals surface area contributed by atoms with E-state index in [0.717, 1.165) is 5.39 Å². The van der Waals surface area contributed by atoms with Gasteiger partial charge >= 0.3 is 5.97 Å². The zero-order valence-electron chi connectivity index (χ0n) is 10.1. The molecule has 0 unspecified atom stereocenters. The Labute approximate surface area is 99.7 Å². The number of carbonyl (C=O) groups is 1. The Kier molecular flexibility index (Phi) is 2.79.